The Hall–Kier alpha value is -0.0651. The van der Waals surface area contributed by atoms with E-state index < -0.39 is 18.3 Å². The molecular weight excluding hydrogens is 357 g/mol. The highest BCUT2D eigenvalue weighted by Gasteiger charge is 2.55. The van der Waals surface area contributed by atoms with Crippen molar-refractivity contribution in [1.82, 2.24) is 0 Å². The summed E-state index contributed by atoms with van der Waals surface area (Å²) in [5.74, 6) is 0.0738. The molecule has 0 radical (unpaired) electrons. The Morgan fingerprint density at radius 1 is 1.26 bits per heavy atom. The van der Waals surface area contributed by atoms with Crippen molar-refractivity contribution in [2.24, 2.45) is 5.92 Å². The Kier molecular flexibility index (Phi) is 4.22. The number of halogens is 3. The highest BCUT2D eigenvalue weighted by atomic mass is 35.5. The molecule has 1 aromatic rings. The second-order valence-electron chi connectivity index (χ2n) is 7.61. The SMILES string of the molecule is CC1(c2cc(Cl)sc2Cl)CC1C=C(F)B1OC(C)(C)C(C)(C)O1. The quantitative estimate of drug-likeness (QED) is 0.619. The number of rotatable bonds is 3. The van der Waals surface area contributed by atoms with Crippen molar-refractivity contribution in [1.29, 1.82) is 0 Å². The van der Waals surface area contributed by atoms with Crippen molar-refractivity contribution in [3.63, 3.8) is 0 Å². The molecule has 2 heterocycles. The van der Waals surface area contributed by atoms with E-state index in [1.807, 2.05) is 33.8 Å². The Balaban J connectivity index is 1.76. The molecule has 2 nitrogen and oxygen atoms in total. The molecule has 2 unspecified atom stereocenters. The van der Waals surface area contributed by atoms with Gasteiger partial charge in [0.25, 0.3) is 0 Å². The first-order valence-corrected chi connectivity index (χ1v) is 9.22. The van der Waals surface area contributed by atoms with Gasteiger partial charge in [0.05, 0.1) is 19.9 Å². The van der Waals surface area contributed by atoms with Gasteiger partial charge in [-0.3, -0.25) is 0 Å². The van der Waals surface area contributed by atoms with E-state index in [1.54, 1.807) is 6.08 Å². The highest BCUT2D eigenvalue weighted by Crippen LogP contribution is 2.58. The van der Waals surface area contributed by atoms with Gasteiger partial charge in [-0.05, 0) is 51.7 Å². The maximum Gasteiger partial charge on any atom is 0.524 e. The molecular formula is C16H20BCl2FO2S. The van der Waals surface area contributed by atoms with E-state index in [0.717, 1.165) is 12.0 Å². The van der Waals surface area contributed by atoms with Gasteiger partial charge >= 0.3 is 7.12 Å². The molecule has 1 saturated carbocycles. The van der Waals surface area contributed by atoms with Crippen LogP contribution in [0.3, 0.4) is 0 Å². The Labute approximate surface area is 151 Å². The topological polar surface area (TPSA) is 18.5 Å². The molecule has 1 aromatic heterocycles. The van der Waals surface area contributed by atoms with E-state index in [-0.39, 0.29) is 17.1 Å². The van der Waals surface area contributed by atoms with Crippen LogP contribution < -0.4 is 0 Å². The summed E-state index contributed by atoms with van der Waals surface area (Å²) in [7, 11) is -0.939. The minimum absolute atomic E-state index is 0.0738. The average molecular weight is 377 g/mol. The van der Waals surface area contributed by atoms with Crippen LogP contribution in [-0.2, 0) is 14.7 Å². The molecule has 0 spiro atoms. The van der Waals surface area contributed by atoms with Gasteiger partial charge in [0.1, 0.15) is 5.73 Å². The van der Waals surface area contributed by atoms with Gasteiger partial charge in [-0.25, -0.2) is 4.39 Å². The number of hydrogen-bond acceptors (Lipinski definition) is 3. The predicted octanol–water partition coefficient (Wildman–Crippen LogP) is 5.82. The molecule has 0 aromatic carbocycles. The molecule has 126 valence electrons. The zero-order valence-electron chi connectivity index (χ0n) is 13.9. The van der Waals surface area contributed by atoms with Gasteiger partial charge in [0.2, 0.25) is 0 Å². The second-order valence-corrected chi connectivity index (χ2v) is 9.89. The molecule has 0 amide bonds. The summed E-state index contributed by atoms with van der Waals surface area (Å²) >= 11 is 13.6. The van der Waals surface area contributed by atoms with Gasteiger partial charge in [-0.15, -0.1) is 11.3 Å². The van der Waals surface area contributed by atoms with E-state index in [9.17, 15) is 4.39 Å². The summed E-state index contributed by atoms with van der Waals surface area (Å²) in [4.78, 5) is 0. The smallest absolute Gasteiger partial charge is 0.398 e. The molecule has 7 heteroatoms. The first kappa shape index (κ1) is 17.7. The third-order valence-electron chi connectivity index (χ3n) is 5.41. The molecule has 0 N–H and O–H groups in total. The number of hydrogen-bond donors (Lipinski definition) is 0. The lowest BCUT2D eigenvalue weighted by Crippen LogP contribution is -2.41. The number of thiophene rings is 1. The van der Waals surface area contributed by atoms with Gasteiger partial charge in [0.15, 0.2) is 0 Å². The molecule has 1 aliphatic heterocycles. The van der Waals surface area contributed by atoms with Gasteiger partial charge in [-0.1, -0.05) is 36.2 Å². The fourth-order valence-electron chi connectivity index (χ4n) is 2.91. The summed E-state index contributed by atoms with van der Waals surface area (Å²) in [6, 6.07) is 1.88. The molecule has 2 atom stereocenters. The fourth-order valence-corrected chi connectivity index (χ4v) is 4.64. The normalized spacial score (nSPS) is 32.4. The van der Waals surface area contributed by atoms with Crippen LogP contribution >= 0.6 is 34.5 Å². The van der Waals surface area contributed by atoms with Crippen molar-refractivity contribution in [2.75, 3.05) is 0 Å². The van der Waals surface area contributed by atoms with E-state index >= 15 is 0 Å². The lowest BCUT2D eigenvalue weighted by Gasteiger charge is -2.32. The molecule has 1 aliphatic carbocycles. The standard InChI is InChI=1S/C16H20BCl2FO2S/c1-14(2)15(3,4)22-17(21-14)11(20)6-9-8-16(9,5)10-7-12(18)23-13(10)19/h6-7,9H,8H2,1-5H3. The van der Waals surface area contributed by atoms with Crippen molar-refractivity contribution >= 4 is 41.7 Å². The summed E-state index contributed by atoms with van der Waals surface area (Å²) in [5.41, 5.74) is -0.617. The summed E-state index contributed by atoms with van der Waals surface area (Å²) < 4.78 is 27.4. The van der Waals surface area contributed by atoms with Crippen LogP contribution in [0.5, 0.6) is 0 Å². The fraction of sp³-hybridized carbons (Fsp3) is 0.625. The Morgan fingerprint density at radius 3 is 2.30 bits per heavy atom. The van der Waals surface area contributed by atoms with Crippen molar-refractivity contribution in [3.05, 3.63) is 32.1 Å². The Morgan fingerprint density at radius 2 is 1.83 bits per heavy atom. The molecule has 2 aliphatic rings. The molecule has 3 rings (SSSR count). The van der Waals surface area contributed by atoms with Gasteiger partial charge in [0, 0.05) is 5.41 Å². The molecule has 0 bridgehead atoms. The van der Waals surface area contributed by atoms with Crippen molar-refractivity contribution in [3.8, 4) is 0 Å². The molecule has 1 saturated heterocycles. The average Bonchev–Trinajstić information content (AvgIpc) is 2.80. The van der Waals surface area contributed by atoms with Crippen molar-refractivity contribution < 1.29 is 13.7 Å². The van der Waals surface area contributed by atoms with Crippen LogP contribution in [0.4, 0.5) is 4.39 Å². The molecule has 23 heavy (non-hydrogen) atoms. The predicted molar refractivity (Wildman–Crippen MR) is 95.1 cm³/mol. The minimum Gasteiger partial charge on any atom is -0.398 e. The largest absolute Gasteiger partial charge is 0.524 e. The zero-order chi connectivity index (χ0) is 17.2. The van der Waals surface area contributed by atoms with E-state index in [1.165, 1.54) is 11.3 Å². The summed E-state index contributed by atoms with van der Waals surface area (Å²) in [5, 5.41) is 0. The number of allylic oxidation sites excluding steroid dienone is 1. The van der Waals surface area contributed by atoms with Crippen LogP contribution in [0.25, 0.3) is 0 Å². The van der Waals surface area contributed by atoms with Crippen LogP contribution in [0.15, 0.2) is 17.9 Å². The van der Waals surface area contributed by atoms with E-state index in [0.29, 0.717) is 8.67 Å². The maximum atomic E-state index is 14.6. The first-order chi connectivity index (χ1) is 10.5. The Bertz CT molecular complexity index is 657. The van der Waals surface area contributed by atoms with E-state index in [2.05, 4.69) is 6.92 Å². The second kappa shape index (κ2) is 5.47. The maximum absolute atomic E-state index is 14.6. The van der Waals surface area contributed by atoms with Crippen molar-refractivity contribution in [2.45, 2.75) is 57.7 Å². The summed E-state index contributed by atoms with van der Waals surface area (Å²) in [6.07, 6.45) is 2.46. The van der Waals surface area contributed by atoms with Crippen LogP contribution in [0.1, 0.15) is 46.6 Å². The van der Waals surface area contributed by atoms with Crippen LogP contribution in [-0.4, -0.2) is 18.3 Å². The van der Waals surface area contributed by atoms with Crippen LogP contribution in [0.2, 0.25) is 8.67 Å². The monoisotopic (exact) mass is 376 g/mol. The van der Waals surface area contributed by atoms with E-state index in [4.69, 9.17) is 32.5 Å². The third kappa shape index (κ3) is 3.00. The third-order valence-corrected chi connectivity index (χ3v) is 6.90. The summed E-state index contributed by atoms with van der Waals surface area (Å²) in [6.45, 7) is 9.72. The zero-order valence-corrected chi connectivity index (χ0v) is 16.2. The lowest BCUT2D eigenvalue weighted by molar-refractivity contribution is 0.00578. The highest BCUT2D eigenvalue weighted by molar-refractivity contribution is 7.20. The lowest BCUT2D eigenvalue weighted by atomic mass is 9.86. The van der Waals surface area contributed by atoms with Gasteiger partial charge in [-0.2, -0.15) is 0 Å². The molecule has 2 fully saturated rings. The van der Waals surface area contributed by atoms with Crippen LogP contribution in [0, 0.1) is 5.92 Å². The first-order valence-electron chi connectivity index (χ1n) is 7.64. The minimum atomic E-state index is -0.939. The van der Waals surface area contributed by atoms with Gasteiger partial charge < -0.3 is 9.31 Å².